The van der Waals surface area contributed by atoms with Crippen molar-refractivity contribution in [3.05, 3.63) is 46.8 Å². The number of hydrogen-bond donors (Lipinski definition) is 1. The molecule has 0 saturated heterocycles. The van der Waals surface area contributed by atoms with Gasteiger partial charge in [-0.05, 0) is 41.5 Å². The summed E-state index contributed by atoms with van der Waals surface area (Å²) in [5.74, 6) is 3.67. The molecule has 1 aliphatic rings. The summed E-state index contributed by atoms with van der Waals surface area (Å²) in [7, 11) is 7.94. The molecular formula is C25H24N4O6. The van der Waals surface area contributed by atoms with Gasteiger partial charge in [-0.15, -0.1) is 10.2 Å². The van der Waals surface area contributed by atoms with Crippen LogP contribution in [0.5, 0.6) is 28.7 Å². The van der Waals surface area contributed by atoms with Crippen LogP contribution >= 0.6 is 0 Å². The highest BCUT2D eigenvalue weighted by atomic mass is 16.5. The van der Waals surface area contributed by atoms with E-state index in [1.807, 2.05) is 30.3 Å². The van der Waals surface area contributed by atoms with Crippen LogP contribution in [0.4, 0.5) is 0 Å². The molecule has 5 rings (SSSR count). The minimum Gasteiger partial charge on any atom is -0.493 e. The summed E-state index contributed by atoms with van der Waals surface area (Å²) < 4.78 is 33.0. The Bertz CT molecular complexity index is 1400. The van der Waals surface area contributed by atoms with Crippen LogP contribution in [0.1, 0.15) is 22.6 Å². The van der Waals surface area contributed by atoms with Crippen LogP contribution in [-0.2, 0) is 6.42 Å². The first kappa shape index (κ1) is 22.3. The maximum atomic E-state index is 5.90. The van der Waals surface area contributed by atoms with E-state index in [2.05, 4.69) is 20.4 Å². The van der Waals surface area contributed by atoms with Crippen LogP contribution in [0.25, 0.3) is 35.0 Å². The molecule has 180 valence electrons. The molecule has 10 nitrogen and oxygen atoms in total. The lowest BCUT2D eigenvalue weighted by atomic mass is 10.1. The average Bonchev–Trinajstić information content (AvgIpc) is 3.61. The van der Waals surface area contributed by atoms with Crippen LogP contribution < -0.4 is 23.7 Å². The van der Waals surface area contributed by atoms with Gasteiger partial charge in [-0.1, -0.05) is 0 Å². The van der Waals surface area contributed by atoms with E-state index < -0.39 is 0 Å². The zero-order chi connectivity index (χ0) is 24.5. The second-order valence-corrected chi connectivity index (χ2v) is 7.70. The first-order valence-corrected chi connectivity index (χ1v) is 10.7. The highest BCUT2D eigenvalue weighted by Gasteiger charge is 2.29. The quantitative estimate of drug-likeness (QED) is 0.351. The lowest BCUT2D eigenvalue weighted by Crippen LogP contribution is -1.95. The Hall–Kier alpha value is -4.47. The molecular weight excluding hydrogens is 452 g/mol. The molecule has 0 fully saturated rings. The molecule has 2 heterocycles. The van der Waals surface area contributed by atoms with Gasteiger partial charge in [-0.3, -0.25) is 5.10 Å². The number of nitrogens with zero attached hydrogens (tertiary/aromatic N) is 3. The fraction of sp³-hybridized carbons (Fsp3) is 0.240. The predicted molar refractivity (Wildman–Crippen MR) is 128 cm³/mol. The van der Waals surface area contributed by atoms with Gasteiger partial charge >= 0.3 is 0 Å². The van der Waals surface area contributed by atoms with Gasteiger partial charge in [0.1, 0.15) is 5.69 Å². The summed E-state index contributed by atoms with van der Waals surface area (Å²) in [4.78, 5) is 0. The monoisotopic (exact) mass is 476 g/mol. The summed E-state index contributed by atoms with van der Waals surface area (Å²) in [6, 6.07) is 7.57. The van der Waals surface area contributed by atoms with Gasteiger partial charge < -0.3 is 28.1 Å². The van der Waals surface area contributed by atoms with Crippen molar-refractivity contribution in [3.63, 3.8) is 0 Å². The van der Waals surface area contributed by atoms with Crippen LogP contribution in [-0.4, -0.2) is 55.9 Å². The largest absolute Gasteiger partial charge is 0.493 e. The SMILES string of the molecule is COc1cc2c(cc1OC)-c1n[nH]c(-c3nnc(/C=C/c4cc(OC)c(OC)c(OC)c4)o3)c1C2. The van der Waals surface area contributed by atoms with Crippen molar-refractivity contribution in [2.24, 2.45) is 0 Å². The average molecular weight is 476 g/mol. The number of rotatable bonds is 8. The summed E-state index contributed by atoms with van der Waals surface area (Å²) >= 11 is 0. The fourth-order valence-corrected chi connectivity index (χ4v) is 4.18. The molecule has 0 aliphatic heterocycles. The van der Waals surface area contributed by atoms with E-state index in [-0.39, 0.29) is 0 Å². The molecule has 1 N–H and O–H groups in total. The van der Waals surface area contributed by atoms with Crippen molar-refractivity contribution in [1.29, 1.82) is 0 Å². The van der Waals surface area contributed by atoms with E-state index in [1.54, 1.807) is 41.6 Å². The van der Waals surface area contributed by atoms with E-state index in [1.165, 1.54) is 0 Å². The van der Waals surface area contributed by atoms with Crippen molar-refractivity contribution in [3.8, 4) is 51.6 Å². The molecule has 0 saturated carbocycles. The van der Waals surface area contributed by atoms with Crippen LogP contribution in [0.2, 0.25) is 0 Å². The third kappa shape index (κ3) is 3.82. The van der Waals surface area contributed by atoms with Crippen molar-refractivity contribution in [2.75, 3.05) is 35.5 Å². The van der Waals surface area contributed by atoms with E-state index >= 15 is 0 Å². The number of aromatic amines is 1. The number of nitrogens with one attached hydrogen (secondary N) is 1. The molecule has 1 aliphatic carbocycles. The number of ether oxygens (including phenoxy) is 5. The maximum Gasteiger partial charge on any atom is 0.266 e. The molecule has 4 aromatic rings. The second kappa shape index (κ2) is 9.05. The molecule has 0 amide bonds. The molecule has 2 aromatic carbocycles. The number of hydrogen-bond acceptors (Lipinski definition) is 9. The third-order valence-electron chi connectivity index (χ3n) is 5.86. The van der Waals surface area contributed by atoms with Crippen molar-refractivity contribution < 1.29 is 28.1 Å². The summed E-state index contributed by atoms with van der Waals surface area (Å²) in [6.07, 6.45) is 4.21. The Kier molecular flexibility index (Phi) is 5.77. The normalized spacial score (nSPS) is 11.9. The Labute approximate surface area is 201 Å². The van der Waals surface area contributed by atoms with E-state index in [4.69, 9.17) is 28.1 Å². The van der Waals surface area contributed by atoms with Gasteiger partial charge in [0.15, 0.2) is 23.0 Å². The molecule has 2 aromatic heterocycles. The predicted octanol–water partition coefficient (Wildman–Crippen LogP) is 4.24. The lowest BCUT2D eigenvalue weighted by molar-refractivity contribution is 0.324. The molecule has 0 bridgehead atoms. The molecule has 0 spiro atoms. The first-order chi connectivity index (χ1) is 17.1. The summed E-state index contributed by atoms with van der Waals surface area (Å²) in [6.45, 7) is 0. The first-order valence-electron chi connectivity index (χ1n) is 10.7. The number of methoxy groups -OCH3 is 5. The molecule has 0 unspecified atom stereocenters. The third-order valence-corrected chi connectivity index (χ3v) is 5.86. The number of aromatic nitrogens is 4. The molecule has 35 heavy (non-hydrogen) atoms. The van der Waals surface area contributed by atoms with Crippen LogP contribution in [0, 0.1) is 0 Å². The summed E-state index contributed by atoms with van der Waals surface area (Å²) in [5, 5.41) is 15.9. The standard InChI is InChI=1S/C25H24N4O6/c1-30-17-11-14-10-16-22(15(14)12-18(17)31-2)27-28-23(16)25-29-26-21(35-25)7-6-13-8-19(32-3)24(34-5)20(9-13)33-4/h6-9,11-12H,10H2,1-5H3,(H,27,28)/b7-6+. The zero-order valence-electron chi connectivity index (χ0n) is 20.0. The summed E-state index contributed by atoms with van der Waals surface area (Å²) in [5.41, 5.74) is 5.41. The van der Waals surface area contributed by atoms with E-state index in [9.17, 15) is 0 Å². The van der Waals surface area contributed by atoms with Gasteiger partial charge in [0.05, 0.1) is 41.2 Å². The number of fused-ring (bicyclic) bond motifs is 3. The Balaban J connectivity index is 1.42. The van der Waals surface area contributed by atoms with E-state index in [0.717, 1.165) is 27.9 Å². The van der Waals surface area contributed by atoms with Crippen molar-refractivity contribution in [1.82, 2.24) is 20.4 Å². The van der Waals surface area contributed by atoms with Crippen LogP contribution in [0.3, 0.4) is 0 Å². The van der Waals surface area contributed by atoms with Gasteiger partial charge in [0.25, 0.3) is 5.89 Å². The molecule has 0 atom stereocenters. The van der Waals surface area contributed by atoms with Crippen LogP contribution in [0.15, 0.2) is 28.7 Å². The highest BCUT2D eigenvalue weighted by molar-refractivity contribution is 5.81. The lowest BCUT2D eigenvalue weighted by Gasteiger charge is -2.12. The smallest absolute Gasteiger partial charge is 0.266 e. The van der Waals surface area contributed by atoms with Gasteiger partial charge in [0.2, 0.25) is 11.6 Å². The Morgan fingerprint density at radius 2 is 1.49 bits per heavy atom. The zero-order valence-corrected chi connectivity index (χ0v) is 20.0. The number of benzene rings is 2. The minimum absolute atomic E-state index is 0.343. The highest BCUT2D eigenvalue weighted by Crippen LogP contribution is 2.44. The van der Waals surface area contributed by atoms with Crippen molar-refractivity contribution in [2.45, 2.75) is 6.42 Å². The Morgan fingerprint density at radius 3 is 2.14 bits per heavy atom. The second-order valence-electron chi connectivity index (χ2n) is 7.70. The number of H-pyrrole nitrogens is 1. The van der Waals surface area contributed by atoms with E-state index in [0.29, 0.717) is 52.6 Å². The fourth-order valence-electron chi connectivity index (χ4n) is 4.18. The van der Waals surface area contributed by atoms with Gasteiger partial charge in [0, 0.05) is 23.6 Å². The topological polar surface area (TPSA) is 114 Å². The minimum atomic E-state index is 0.343. The molecule has 0 radical (unpaired) electrons. The molecule has 10 heteroatoms. The maximum absolute atomic E-state index is 5.90. The van der Waals surface area contributed by atoms with Crippen molar-refractivity contribution >= 4 is 12.2 Å². The Morgan fingerprint density at radius 1 is 0.800 bits per heavy atom. The van der Waals surface area contributed by atoms with Gasteiger partial charge in [-0.2, -0.15) is 5.10 Å². The van der Waals surface area contributed by atoms with Gasteiger partial charge in [-0.25, -0.2) is 0 Å².